The van der Waals surface area contributed by atoms with Gasteiger partial charge in [0, 0.05) is 31.9 Å². The number of benzene rings is 1. The molecule has 0 radical (unpaired) electrons. The molecule has 0 aliphatic carbocycles. The minimum atomic E-state index is 0.296. The summed E-state index contributed by atoms with van der Waals surface area (Å²) < 4.78 is 0. The van der Waals surface area contributed by atoms with E-state index in [2.05, 4.69) is 41.1 Å². The summed E-state index contributed by atoms with van der Waals surface area (Å²) >= 11 is 0. The summed E-state index contributed by atoms with van der Waals surface area (Å²) in [5.41, 5.74) is 3.97. The molecule has 3 rings (SSSR count). The van der Waals surface area contributed by atoms with Crippen molar-refractivity contribution in [2.24, 2.45) is 5.92 Å². The first kappa shape index (κ1) is 17.7. The van der Waals surface area contributed by atoms with Gasteiger partial charge in [0.2, 0.25) is 5.91 Å². The van der Waals surface area contributed by atoms with E-state index in [1.807, 2.05) is 18.3 Å². The molecular weight excluding hydrogens is 308 g/mol. The topological polar surface area (TPSA) is 33.2 Å². The van der Waals surface area contributed by atoms with Crippen LogP contribution in [0.15, 0.2) is 48.8 Å². The Morgan fingerprint density at radius 3 is 2.88 bits per heavy atom. The van der Waals surface area contributed by atoms with Gasteiger partial charge in [-0.3, -0.25) is 9.78 Å². The fourth-order valence-corrected chi connectivity index (χ4v) is 3.73. The van der Waals surface area contributed by atoms with Crippen LogP contribution in [0.5, 0.6) is 0 Å². The normalized spacial score (nSPS) is 17.5. The summed E-state index contributed by atoms with van der Waals surface area (Å²) in [5, 5.41) is 0. The van der Waals surface area contributed by atoms with Crippen LogP contribution in [-0.4, -0.2) is 28.9 Å². The van der Waals surface area contributed by atoms with E-state index in [0.717, 1.165) is 37.9 Å². The van der Waals surface area contributed by atoms with Gasteiger partial charge in [0.15, 0.2) is 0 Å². The van der Waals surface area contributed by atoms with Crippen LogP contribution >= 0.6 is 0 Å². The van der Waals surface area contributed by atoms with Crippen molar-refractivity contribution in [2.45, 2.75) is 45.4 Å². The number of carbonyl (C=O) groups excluding carboxylic acids is 1. The van der Waals surface area contributed by atoms with Crippen molar-refractivity contribution in [3.63, 3.8) is 0 Å². The quantitative estimate of drug-likeness (QED) is 0.792. The SMILES string of the molecule is Cc1ccccc1CCC1CCCN(C(=O)CCc2cccnc2)C1. The molecule has 1 atom stereocenters. The molecule has 0 saturated carbocycles. The van der Waals surface area contributed by atoms with Gasteiger partial charge in [-0.2, -0.15) is 0 Å². The van der Waals surface area contributed by atoms with Crippen molar-refractivity contribution in [1.29, 1.82) is 0 Å². The first-order chi connectivity index (χ1) is 12.2. The molecular formula is C22H28N2O. The Morgan fingerprint density at radius 1 is 1.20 bits per heavy atom. The minimum Gasteiger partial charge on any atom is -0.342 e. The highest BCUT2D eigenvalue weighted by molar-refractivity contribution is 5.76. The second kappa shape index (κ2) is 8.80. The lowest BCUT2D eigenvalue weighted by Gasteiger charge is -2.33. The van der Waals surface area contributed by atoms with Crippen molar-refractivity contribution in [3.05, 3.63) is 65.5 Å². The molecule has 0 spiro atoms. The lowest BCUT2D eigenvalue weighted by Crippen LogP contribution is -2.40. The predicted octanol–water partition coefficient (Wildman–Crippen LogP) is 4.19. The van der Waals surface area contributed by atoms with Crippen LogP contribution in [-0.2, 0) is 17.6 Å². The van der Waals surface area contributed by atoms with Crippen LogP contribution < -0.4 is 0 Å². The average molecular weight is 336 g/mol. The zero-order valence-electron chi connectivity index (χ0n) is 15.2. The van der Waals surface area contributed by atoms with Crippen LogP contribution in [0.2, 0.25) is 0 Å². The summed E-state index contributed by atoms with van der Waals surface area (Å²) in [6.07, 6.45) is 9.69. The third-order valence-electron chi connectivity index (χ3n) is 5.31. The van der Waals surface area contributed by atoms with E-state index in [1.165, 1.54) is 24.0 Å². The highest BCUT2D eigenvalue weighted by Crippen LogP contribution is 2.23. The number of likely N-dealkylation sites (tertiary alicyclic amines) is 1. The Kier molecular flexibility index (Phi) is 6.21. The van der Waals surface area contributed by atoms with Crippen molar-refractivity contribution < 1.29 is 4.79 Å². The van der Waals surface area contributed by atoms with Gasteiger partial charge < -0.3 is 4.90 Å². The second-order valence-corrected chi connectivity index (χ2v) is 7.17. The molecule has 2 heterocycles. The van der Waals surface area contributed by atoms with Gasteiger partial charge >= 0.3 is 0 Å². The third-order valence-corrected chi connectivity index (χ3v) is 5.31. The van der Waals surface area contributed by atoms with Gasteiger partial charge in [0.25, 0.3) is 0 Å². The molecule has 1 aliphatic rings. The number of hydrogen-bond donors (Lipinski definition) is 0. The molecule has 25 heavy (non-hydrogen) atoms. The summed E-state index contributed by atoms with van der Waals surface area (Å²) in [6, 6.07) is 12.6. The van der Waals surface area contributed by atoms with Gasteiger partial charge in [-0.05, 0) is 67.7 Å². The fraction of sp³-hybridized carbons (Fsp3) is 0.455. The van der Waals surface area contributed by atoms with Gasteiger partial charge in [0.05, 0.1) is 0 Å². The van der Waals surface area contributed by atoms with Crippen LogP contribution in [0.4, 0.5) is 0 Å². The van der Waals surface area contributed by atoms with Gasteiger partial charge in [-0.15, -0.1) is 0 Å². The van der Waals surface area contributed by atoms with E-state index in [0.29, 0.717) is 18.2 Å². The Labute approximate surface area is 151 Å². The van der Waals surface area contributed by atoms with Crippen molar-refractivity contribution in [2.75, 3.05) is 13.1 Å². The number of aromatic nitrogens is 1. The number of amides is 1. The van der Waals surface area contributed by atoms with E-state index < -0.39 is 0 Å². The highest BCUT2D eigenvalue weighted by Gasteiger charge is 2.23. The van der Waals surface area contributed by atoms with Crippen molar-refractivity contribution in [3.8, 4) is 0 Å². The number of pyridine rings is 1. The molecule has 1 aliphatic heterocycles. The average Bonchev–Trinajstić information content (AvgIpc) is 2.66. The number of aryl methyl sites for hydroxylation is 3. The highest BCUT2D eigenvalue weighted by atomic mass is 16.2. The molecule has 1 unspecified atom stereocenters. The number of hydrogen-bond acceptors (Lipinski definition) is 2. The molecule has 0 bridgehead atoms. The maximum atomic E-state index is 12.6. The summed E-state index contributed by atoms with van der Waals surface area (Å²) in [5.74, 6) is 0.931. The summed E-state index contributed by atoms with van der Waals surface area (Å²) in [7, 11) is 0. The van der Waals surface area contributed by atoms with E-state index in [1.54, 1.807) is 6.20 Å². The van der Waals surface area contributed by atoms with Crippen molar-refractivity contribution >= 4 is 5.91 Å². The molecule has 0 N–H and O–H groups in total. The van der Waals surface area contributed by atoms with Crippen LogP contribution in [0.25, 0.3) is 0 Å². The zero-order valence-corrected chi connectivity index (χ0v) is 15.2. The first-order valence-corrected chi connectivity index (χ1v) is 9.43. The van der Waals surface area contributed by atoms with E-state index >= 15 is 0 Å². The molecule has 3 heteroatoms. The minimum absolute atomic E-state index is 0.296. The number of carbonyl (C=O) groups is 1. The van der Waals surface area contributed by atoms with E-state index in [9.17, 15) is 4.79 Å². The molecule has 3 nitrogen and oxygen atoms in total. The lowest BCUT2D eigenvalue weighted by molar-refractivity contribution is -0.133. The lowest BCUT2D eigenvalue weighted by atomic mass is 9.90. The Morgan fingerprint density at radius 2 is 2.08 bits per heavy atom. The van der Waals surface area contributed by atoms with Crippen LogP contribution in [0, 0.1) is 12.8 Å². The number of nitrogens with zero attached hydrogens (tertiary/aromatic N) is 2. The first-order valence-electron chi connectivity index (χ1n) is 9.43. The second-order valence-electron chi connectivity index (χ2n) is 7.17. The van der Waals surface area contributed by atoms with Crippen molar-refractivity contribution in [1.82, 2.24) is 9.88 Å². The maximum Gasteiger partial charge on any atom is 0.222 e. The summed E-state index contributed by atoms with van der Waals surface area (Å²) in [4.78, 5) is 18.8. The standard InChI is InChI=1S/C22H28N2O/c1-18-6-2-3-9-21(18)12-10-20-8-5-15-24(17-20)22(25)13-11-19-7-4-14-23-16-19/h2-4,6-7,9,14,16,20H,5,8,10-13,15,17H2,1H3. The van der Waals surface area contributed by atoms with Gasteiger partial charge in [0.1, 0.15) is 0 Å². The van der Waals surface area contributed by atoms with Gasteiger partial charge in [-0.1, -0.05) is 30.3 Å². The van der Waals surface area contributed by atoms with E-state index in [4.69, 9.17) is 0 Å². The Hall–Kier alpha value is -2.16. The largest absolute Gasteiger partial charge is 0.342 e. The molecule has 2 aromatic rings. The number of piperidine rings is 1. The molecule has 1 amide bonds. The van der Waals surface area contributed by atoms with Crippen LogP contribution in [0.3, 0.4) is 0 Å². The molecule has 1 aromatic heterocycles. The molecule has 1 fully saturated rings. The van der Waals surface area contributed by atoms with Crippen LogP contribution in [0.1, 0.15) is 42.4 Å². The Bertz CT molecular complexity index is 683. The molecule has 1 saturated heterocycles. The summed E-state index contributed by atoms with van der Waals surface area (Å²) in [6.45, 7) is 4.04. The Balaban J connectivity index is 1.47. The zero-order chi connectivity index (χ0) is 17.5. The maximum absolute atomic E-state index is 12.6. The fourth-order valence-electron chi connectivity index (χ4n) is 3.73. The monoisotopic (exact) mass is 336 g/mol. The van der Waals surface area contributed by atoms with E-state index in [-0.39, 0.29) is 0 Å². The third kappa shape index (κ3) is 5.15. The molecule has 132 valence electrons. The van der Waals surface area contributed by atoms with Gasteiger partial charge in [-0.25, -0.2) is 0 Å². The molecule has 1 aromatic carbocycles. The smallest absolute Gasteiger partial charge is 0.222 e. The predicted molar refractivity (Wildman–Crippen MR) is 101 cm³/mol. The number of rotatable bonds is 6.